The minimum atomic E-state index is -3.57. The molecule has 0 aliphatic carbocycles. The van der Waals surface area contributed by atoms with Crippen molar-refractivity contribution in [3.8, 4) is 0 Å². The fourth-order valence-electron chi connectivity index (χ4n) is 1.93. The quantitative estimate of drug-likeness (QED) is 0.868. The SMILES string of the molecule is Cc1cccc(N)c1S(=O)(=O)N(C)C(C)C(C)(C)C. The first-order valence-electron chi connectivity index (χ1n) is 6.32. The van der Waals surface area contributed by atoms with Crippen molar-refractivity contribution in [2.45, 2.75) is 45.6 Å². The largest absolute Gasteiger partial charge is 0.398 e. The van der Waals surface area contributed by atoms with Gasteiger partial charge in [-0.1, -0.05) is 32.9 Å². The fourth-order valence-corrected chi connectivity index (χ4v) is 3.79. The van der Waals surface area contributed by atoms with Gasteiger partial charge in [-0.05, 0) is 30.9 Å². The zero-order valence-electron chi connectivity index (χ0n) is 12.6. The summed E-state index contributed by atoms with van der Waals surface area (Å²) in [6.45, 7) is 9.73. The van der Waals surface area contributed by atoms with Crippen LogP contribution in [0.1, 0.15) is 33.3 Å². The Morgan fingerprint density at radius 3 is 2.21 bits per heavy atom. The second-order valence-corrected chi connectivity index (χ2v) is 7.99. The second kappa shape index (κ2) is 5.13. The molecular formula is C14H24N2O2S. The molecule has 0 saturated heterocycles. The summed E-state index contributed by atoms with van der Waals surface area (Å²) in [5, 5.41) is 0. The van der Waals surface area contributed by atoms with Crippen LogP contribution in [-0.2, 0) is 10.0 Å². The third kappa shape index (κ3) is 3.09. The van der Waals surface area contributed by atoms with E-state index in [-0.39, 0.29) is 16.4 Å². The van der Waals surface area contributed by atoms with Crippen molar-refractivity contribution in [2.75, 3.05) is 12.8 Å². The molecule has 1 atom stereocenters. The van der Waals surface area contributed by atoms with Gasteiger partial charge >= 0.3 is 0 Å². The highest BCUT2D eigenvalue weighted by atomic mass is 32.2. The van der Waals surface area contributed by atoms with Crippen LogP contribution in [0.25, 0.3) is 0 Å². The van der Waals surface area contributed by atoms with Crippen LogP contribution in [0.2, 0.25) is 0 Å². The molecule has 0 heterocycles. The molecule has 0 saturated carbocycles. The molecule has 4 nitrogen and oxygen atoms in total. The molecule has 2 N–H and O–H groups in total. The Bertz CT molecular complexity index is 539. The first-order chi connectivity index (χ1) is 8.49. The van der Waals surface area contributed by atoms with Crippen LogP contribution in [0.4, 0.5) is 5.69 Å². The predicted molar refractivity (Wildman–Crippen MR) is 79.5 cm³/mol. The number of nitrogens with two attached hydrogens (primary N) is 1. The normalized spacial score (nSPS) is 14.7. The summed E-state index contributed by atoms with van der Waals surface area (Å²) < 4.78 is 26.8. The van der Waals surface area contributed by atoms with Crippen molar-refractivity contribution in [1.82, 2.24) is 4.31 Å². The van der Waals surface area contributed by atoms with Gasteiger partial charge in [-0.3, -0.25) is 0 Å². The highest BCUT2D eigenvalue weighted by Gasteiger charge is 2.34. The lowest BCUT2D eigenvalue weighted by Crippen LogP contribution is -2.43. The second-order valence-electron chi connectivity index (χ2n) is 6.06. The van der Waals surface area contributed by atoms with Crippen LogP contribution in [0, 0.1) is 12.3 Å². The summed E-state index contributed by atoms with van der Waals surface area (Å²) in [7, 11) is -1.97. The number of hydrogen-bond acceptors (Lipinski definition) is 3. The zero-order valence-corrected chi connectivity index (χ0v) is 13.4. The number of rotatable bonds is 3. The molecule has 19 heavy (non-hydrogen) atoms. The van der Waals surface area contributed by atoms with E-state index in [1.165, 1.54) is 4.31 Å². The van der Waals surface area contributed by atoms with Crippen LogP contribution in [-0.4, -0.2) is 25.8 Å². The monoisotopic (exact) mass is 284 g/mol. The molecule has 5 heteroatoms. The molecule has 108 valence electrons. The molecule has 0 bridgehead atoms. The van der Waals surface area contributed by atoms with Crippen molar-refractivity contribution >= 4 is 15.7 Å². The zero-order chi connectivity index (χ0) is 15.0. The van der Waals surface area contributed by atoms with Crippen molar-refractivity contribution in [1.29, 1.82) is 0 Å². The summed E-state index contributed by atoms with van der Waals surface area (Å²) in [6, 6.07) is 5.02. The minimum absolute atomic E-state index is 0.128. The highest BCUT2D eigenvalue weighted by molar-refractivity contribution is 7.89. The molecule has 0 amide bonds. The van der Waals surface area contributed by atoms with Gasteiger partial charge in [0.25, 0.3) is 0 Å². The van der Waals surface area contributed by atoms with E-state index >= 15 is 0 Å². The molecule has 0 radical (unpaired) electrons. The van der Waals surface area contributed by atoms with E-state index in [1.54, 1.807) is 32.2 Å². The molecule has 1 aromatic rings. The summed E-state index contributed by atoms with van der Waals surface area (Å²) in [4.78, 5) is 0.216. The van der Waals surface area contributed by atoms with Crippen LogP contribution in [0.15, 0.2) is 23.1 Å². The molecule has 0 aliphatic rings. The highest BCUT2D eigenvalue weighted by Crippen LogP contribution is 2.31. The Hall–Kier alpha value is -1.07. The third-order valence-electron chi connectivity index (χ3n) is 3.68. The van der Waals surface area contributed by atoms with E-state index in [0.717, 1.165) is 0 Å². The Labute approximate surface area is 116 Å². The first kappa shape index (κ1) is 16.0. The summed E-state index contributed by atoms with van der Waals surface area (Å²) in [5.41, 5.74) is 6.68. The maximum Gasteiger partial charge on any atom is 0.245 e. The molecule has 1 aromatic carbocycles. The van der Waals surface area contributed by atoms with Crippen molar-refractivity contribution < 1.29 is 8.42 Å². The average Bonchev–Trinajstić information content (AvgIpc) is 2.25. The van der Waals surface area contributed by atoms with Gasteiger partial charge < -0.3 is 5.73 Å². The molecule has 0 fully saturated rings. The fraction of sp³-hybridized carbons (Fsp3) is 0.571. The van der Waals surface area contributed by atoms with Crippen LogP contribution in [0.5, 0.6) is 0 Å². The Morgan fingerprint density at radius 1 is 1.26 bits per heavy atom. The van der Waals surface area contributed by atoms with Gasteiger partial charge in [0.05, 0.1) is 5.69 Å². The molecule has 0 aromatic heterocycles. The number of nitrogen functional groups attached to an aromatic ring is 1. The van der Waals surface area contributed by atoms with Gasteiger partial charge in [-0.15, -0.1) is 0 Å². The number of sulfonamides is 1. The van der Waals surface area contributed by atoms with E-state index < -0.39 is 10.0 Å². The van der Waals surface area contributed by atoms with Gasteiger partial charge in [-0.25, -0.2) is 8.42 Å². The Morgan fingerprint density at radius 2 is 1.79 bits per heavy atom. The van der Waals surface area contributed by atoms with Crippen LogP contribution >= 0.6 is 0 Å². The number of hydrogen-bond donors (Lipinski definition) is 1. The van der Waals surface area contributed by atoms with Crippen molar-refractivity contribution in [3.63, 3.8) is 0 Å². The number of aryl methyl sites for hydroxylation is 1. The van der Waals surface area contributed by atoms with Crippen LogP contribution < -0.4 is 5.73 Å². The van der Waals surface area contributed by atoms with E-state index in [4.69, 9.17) is 5.73 Å². The predicted octanol–water partition coefficient (Wildman–Crippen LogP) is 2.63. The van der Waals surface area contributed by atoms with E-state index in [9.17, 15) is 8.42 Å². The van der Waals surface area contributed by atoms with Gasteiger partial charge in [0, 0.05) is 13.1 Å². The first-order valence-corrected chi connectivity index (χ1v) is 7.76. The molecule has 0 aliphatic heterocycles. The molecule has 1 rings (SSSR count). The maximum atomic E-state index is 12.7. The molecular weight excluding hydrogens is 260 g/mol. The lowest BCUT2D eigenvalue weighted by molar-refractivity contribution is 0.216. The Kier molecular flexibility index (Phi) is 4.32. The van der Waals surface area contributed by atoms with Crippen molar-refractivity contribution in [3.05, 3.63) is 23.8 Å². The lowest BCUT2D eigenvalue weighted by Gasteiger charge is -2.35. The van der Waals surface area contributed by atoms with E-state index in [0.29, 0.717) is 11.3 Å². The van der Waals surface area contributed by atoms with Gasteiger partial charge in [0.1, 0.15) is 4.90 Å². The van der Waals surface area contributed by atoms with Gasteiger partial charge in [0.2, 0.25) is 10.0 Å². The van der Waals surface area contributed by atoms with Crippen molar-refractivity contribution in [2.24, 2.45) is 5.41 Å². The van der Waals surface area contributed by atoms with Gasteiger partial charge in [-0.2, -0.15) is 4.31 Å². The lowest BCUT2D eigenvalue weighted by atomic mass is 9.88. The van der Waals surface area contributed by atoms with Gasteiger partial charge in [0.15, 0.2) is 0 Å². The Balaban J connectivity index is 3.33. The smallest absolute Gasteiger partial charge is 0.245 e. The average molecular weight is 284 g/mol. The third-order valence-corrected chi connectivity index (χ3v) is 5.83. The molecule has 0 spiro atoms. The topological polar surface area (TPSA) is 63.4 Å². The summed E-state index contributed by atoms with van der Waals surface area (Å²) >= 11 is 0. The summed E-state index contributed by atoms with van der Waals surface area (Å²) in [5.74, 6) is 0. The molecule has 1 unspecified atom stereocenters. The standard InChI is InChI=1S/C14H24N2O2S/c1-10-8-7-9-12(15)13(10)19(17,18)16(6)11(2)14(3,4)5/h7-9,11H,15H2,1-6H3. The van der Waals surface area contributed by atoms with E-state index in [2.05, 4.69) is 0 Å². The summed E-state index contributed by atoms with van der Waals surface area (Å²) in [6.07, 6.45) is 0. The number of anilines is 1. The number of benzene rings is 1. The maximum absolute atomic E-state index is 12.7. The van der Waals surface area contributed by atoms with E-state index in [1.807, 2.05) is 27.7 Å². The van der Waals surface area contributed by atoms with Crippen LogP contribution in [0.3, 0.4) is 0 Å². The minimum Gasteiger partial charge on any atom is -0.398 e. The number of nitrogens with zero attached hydrogens (tertiary/aromatic N) is 1.